The van der Waals surface area contributed by atoms with Gasteiger partial charge in [0.15, 0.2) is 0 Å². The third-order valence-electron chi connectivity index (χ3n) is 2.75. The number of aromatic amines is 1. The molecule has 0 atom stereocenters. The molecule has 1 aromatic carbocycles. The van der Waals surface area contributed by atoms with E-state index in [4.69, 9.17) is 16.3 Å². The van der Waals surface area contributed by atoms with E-state index in [9.17, 15) is 14.4 Å². The Hall–Kier alpha value is -2.34. The van der Waals surface area contributed by atoms with Crippen molar-refractivity contribution in [1.82, 2.24) is 9.55 Å². The standard InChI is InChI=1S/C13H11ClN2O4/c1-20-11-3-2-8(7-17)4-9(11)5-16-6-10(14)12(18)15-13(16)19/h2-4,6-7H,5H2,1H3,(H,15,18,19). The molecule has 0 spiro atoms. The van der Waals surface area contributed by atoms with Crippen LogP contribution in [0, 0.1) is 0 Å². The lowest BCUT2D eigenvalue weighted by Crippen LogP contribution is -2.30. The van der Waals surface area contributed by atoms with E-state index in [1.807, 2.05) is 0 Å². The maximum absolute atomic E-state index is 11.7. The van der Waals surface area contributed by atoms with E-state index in [1.165, 1.54) is 17.9 Å². The van der Waals surface area contributed by atoms with Gasteiger partial charge in [0.25, 0.3) is 5.56 Å². The van der Waals surface area contributed by atoms with Crippen LogP contribution in [0.15, 0.2) is 34.0 Å². The van der Waals surface area contributed by atoms with Gasteiger partial charge in [-0.05, 0) is 18.2 Å². The summed E-state index contributed by atoms with van der Waals surface area (Å²) in [7, 11) is 1.49. The van der Waals surface area contributed by atoms with E-state index >= 15 is 0 Å². The van der Waals surface area contributed by atoms with E-state index in [0.717, 1.165) is 0 Å². The Morgan fingerprint density at radius 1 is 1.40 bits per heavy atom. The summed E-state index contributed by atoms with van der Waals surface area (Å²) in [5, 5.41) is -0.0879. The molecule has 0 fully saturated rings. The molecule has 0 radical (unpaired) electrons. The van der Waals surface area contributed by atoms with Crippen LogP contribution in [0.4, 0.5) is 0 Å². The number of carbonyl (C=O) groups is 1. The second-order valence-corrected chi connectivity index (χ2v) is 4.46. The first-order valence-corrected chi connectivity index (χ1v) is 6.04. The van der Waals surface area contributed by atoms with Crippen molar-refractivity contribution in [2.45, 2.75) is 6.54 Å². The number of hydrogen-bond donors (Lipinski definition) is 1. The summed E-state index contributed by atoms with van der Waals surface area (Å²) in [6.07, 6.45) is 1.95. The predicted octanol–water partition coefficient (Wildman–Crippen LogP) is 1.06. The second-order valence-electron chi connectivity index (χ2n) is 4.05. The van der Waals surface area contributed by atoms with E-state index in [1.54, 1.807) is 18.2 Å². The molecule has 20 heavy (non-hydrogen) atoms. The van der Waals surface area contributed by atoms with Crippen molar-refractivity contribution in [2.24, 2.45) is 0 Å². The number of ether oxygens (including phenoxy) is 1. The first-order valence-electron chi connectivity index (χ1n) is 5.66. The van der Waals surface area contributed by atoms with Crippen molar-refractivity contribution in [2.75, 3.05) is 7.11 Å². The molecule has 0 unspecified atom stereocenters. The molecule has 0 aliphatic rings. The Morgan fingerprint density at radius 3 is 2.80 bits per heavy atom. The second kappa shape index (κ2) is 5.75. The Balaban J connectivity index is 2.49. The first-order chi connectivity index (χ1) is 9.55. The number of H-pyrrole nitrogens is 1. The summed E-state index contributed by atoms with van der Waals surface area (Å²) in [6.45, 7) is 0.125. The maximum Gasteiger partial charge on any atom is 0.328 e. The molecule has 1 aromatic heterocycles. The van der Waals surface area contributed by atoms with Gasteiger partial charge in [0, 0.05) is 17.3 Å². The minimum Gasteiger partial charge on any atom is -0.496 e. The molecular weight excluding hydrogens is 284 g/mol. The average molecular weight is 295 g/mol. The number of aromatic nitrogens is 2. The zero-order valence-corrected chi connectivity index (χ0v) is 11.3. The molecular formula is C13H11ClN2O4. The van der Waals surface area contributed by atoms with Crippen LogP contribution in [0.25, 0.3) is 0 Å². The van der Waals surface area contributed by atoms with E-state index in [-0.39, 0.29) is 11.6 Å². The van der Waals surface area contributed by atoms with Gasteiger partial charge in [0.2, 0.25) is 0 Å². The molecule has 0 bridgehead atoms. The summed E-state index contributed by atoms with van der Waals surface area (Å²) >= 11 is 5.69. The van der Waals surface area contributed by atoms with E-state index in [0.29, 0.717) is 23.2 Å². The molecule has 6 nitrogen and oxygen atoms in total. The van der Waals surface area contributed by atoms with Gasteiger partial charge >= 0.3 is 5.69 Å². The van der Waals surface area contributed by atoms with E-state index in [2.05, 4.69) is 4.98 Å². The predicted molar refractivity (Wildman–Crippen MR) is 73.8 cm³/mol. The lowest BCUT2D eigenvalue weighted by molar-refractivity contribution is 0.112. The fraction of sp³-hybridized carbons (Fsp3) is 0.154. The van der Waals surface area contributed by atoms with Gasteiger partial charge < -0.3 is 4.74 Å². The molecule has 1 N–H and O–H groups in total. The summed E-state index contributed by atoms with van der Waals surface area (Å²) in [5.74, 6) is 0.532. The van der Waals surface area contributed by atoms with Crippen molar-refractivity contribution in [3.63, 3.8) is 0 Å². The van der Waals surface area contributed by atoms with Crippen molar-refractivity contribution in [1.29, 1.82) is 0 Å². The third kappa shape index (κ3) is 2.80. The van der Waals surface area contributed by atoms with Crippen molar-refractivity contribution in [3.05, 3.63) is 61.4 Å². The highest BCUT2D eigenvalue weighted by Crippen LogP contribution is 2.20. The number of rotatable bonds is 4. The van der Waals surface area contributed by atoms with Crippen LogP contribution in [0.3, 0.4) is 0 Å². The smallest absolute Gasteiger partial charge is 0.328 e. The molecule has 0 aliphatic heterocycles. The number of nitrogens with zero attached hydrogens (tertiary/aromatic N) is 1. The molecule has 0 saturated carbocycles. The highest BCUT2D eigenvalue weighted by atomic mass is 35.5. The van der Waals surface area contributed by atoms with Gasteiger partial charge in [0.1, 0.15) is 17.1 Å². The van der Waals surface area contributed by atoms with Gasteiger partial charge in [-0.3, -0.25) is 19.1 Å². The fourth-order valence-electron chi connectivity index (χ4n) is 1.78. The number of halogens is 1. The van der Waals surface area contributed by atoms with Gasteiger partial charge in [0.05, 0.1) is 13.7 Å². The van der Waals surface area contributed by atoms with E-state index < -0.39 is 11.2 Å². The average Bonchev–Trinajstić information content (AvgIpc) is 2.44. The lowest BCUT2D eigenvalue weighted by atomic mass is 10.1. The zero-order chi connectivity index (χ0) is 14.7. The Morgan fingerprint density at radius 2 is 2.15 bits per heavy atom. The normalized spacial score (nSPS) is 10.3. The summed E-state index contributed by atoms with van der Waals surface area (Å²) < 4.78 is 6.41. The number of carbonyl (C=O) groups excluding carboxylic acids is 1. The maximum atomic E-state index is 11.7. The van der Waals surface area contributed by atoms with Crippen molar-refractivity contribution >= 4 is 17.9 Å². The van der Waals surface area contributed by atoms with Crippen molar-refractivity contribution < 1.29 is 9.53 Å². The Bertz CT molecular complexity index is 764. The molecule has 0 saturated heterocycles. The van der Waals surface area contributed by atoms with Crippen molar-refractivity contribution in [3.8, 4) is 5.75 Å². The number of nitrogens with one attached hydrogen (secondary N) is 1. The molecule has 2 rings (SSSR count). The molecule has 1 heterocycles. The van der Waals surface area contributed by atoms with Crippen LogP contribution in [0.2, 0.25) is 5.02 Å². The van der Waals surface area contributed by atoms with Crippen LogP contribution in [0.5, 0.6) is 5.75 Å². The largest absolute Gasteiger partial charge is 0.496 e. The van der Waals surface area contributed by atoms with Crippen LogP contribution >= 0.6 is 11.6 Å². The fourth-order valence-corrected chi connectivity index (χ4v) is 1.94. The van der Waals surface area contributed by atoms with Crippen LogP contribution in [0.1, 0.15) is 15.9 Å². The highest BCUT2D eigenvalue weighted by molar-refractivity contribution is 6.30. The number of benzene rings is 1. The Kier molecular flexibility index (Phi) is 4.05. The molecule has 0 amide bonds. The number of hydrogen-bond acceptors (Lipinski definition) is 4. The molecule has 2 aromatic rings. The minimum atomic E-state index is -0.637. The van der Waals surface area contributed by atoms with Gasteiger partial charge in [-0.2, -0.15) is 0 Å². The molecule has 0 aliphatic carbocycles. The van der Waals surface area contributed by atoms with Crippen LogP contribution < -0.4 is 16.0 Å². The monoisotopic (exact) mass is 294 g/mol. The summed E-state index contributed by atoms with van der Waals surface area (Å²) in [6, 6.07) is 4.85. The molecule has 7 heteroatoms. The molecule has 104 valence electrons. The van der Waals surface area contributed by atoms with Gasteiger partial charge in [-0.1, -0.05) is 11.6 Å². The summed E-state index contributed by atoms with van der Waals surface area (Å²) in [5.41, 5.74) is -0.133. The Labute approximate surface area is 118 Å². The number of aldehydes is 1. The zero-order valence-electron chi connectivity index (χ0n) is 10.6. The topological polar surface area (TPSA) is 81.2 Å². The summed E-state index contributed by atoms with van der Waals surface area (Å²) in [4.78, 5) is 35.8. The minimum absolute atomic E-state index is 0.0879. The van der Waals surface area contributed by atoms with Crippen LogP contribution in [-0.2, 0) is 6.54 Å². The van der Waals surface area contributed by atoms with Crippen LogP contribution in [-0.4, -0.2) is 22.9 Å². The first kappa shape index (κ1) is 14.1. The SMILES string of the molecule is COc1ccc(C=O)cc1Cn1cc(Cl)c(=O)[nH]c1=O. The van der Waals surface area contributed by atoms with Gasteiger partial charge in [-0.15, -0.1) is 0 Å². The third-order valence-corrected chi connectivity index (χ3v) is 3.02. The quantitative estimate of drug-likeness (QED) is 0.855. The van der Waals surface area contributed by atoms with Gasteiger partial charge in [-0.25, -0.2) is 4.79 Å². The lowest BCUT2D eigenvalue weighted by Gasteiger charge is -2.10. The highest BCUT2D eigenvalue weighted by Gasteiger charge is 2.08. The number of methoxy groups -OCH3 is 1.